The fourth-order valence-corrected chi connectivity index (χ4v) is 1.90. The maximum atomic E-state index is 12.5. The number of carbonyl (C=O) groups excluding carboxylic acids is 2. The van der Waals surface area contributed by atoms with Crippen LogP contribution < -0.4 is 10.6 Å². The first kappa shape index (κ1) is 15.6. The summed E-state index contributed by atoms with van der Waals surface area (Å²) in [5.74, 6) is -0.923. The Bertz CT molecular complexity index is 713. The van der Waals surface area contributed by atoms with Crippen molar-refractivity contribution in [3.63, 3.8) is 0 Å². The summed E-state index contributed by atoms with van der Waals surface area (Å²) in [6, 6.07) is 5.83. The number of rotatable bonds is 4. The zero-order chi connectivity index (χ0) is 16.3. The first-order valence-electron chi connectivity index (χ1n) is 6.40. The third kappa shape index (κ3) is 3.11. The molecule has 0 fully saturated rings. The van der Waals surface area contributed by atoms with Crippen molar-refractivity contribution in [2.45, 2.75) is 13.3 Å². The van der Waals surface area contributed by atoms with Crippen molar-refractivity contribution in [3.05, 3.63) is 46.8 Å². The van der Waals surface area contributed by atoms with Gasteiger partial charge >= 0.3 is 0 Å². The topological polar surface area (TPSA) is 86.9 Å². The first-order chi connectivity index (χ1) is 10.4. The maximum absolute atomic E-state index is 12.5. The third-order valence-electron chi connectivity index (χ3n) is 3.12. The van der Waals surface area contributed by atoms with E-state index in [9.17, 15) is 18.4 Å². The fourth-order valence-electron chi connectivity index (χ4n) is 1.90. The molecule has 3 N–H and O–H groups in total. The van der Waals surface area contributed by atoms with Crippen LogP contribution in [0.3, 0.4) is 0 Å². The van der Waals surface area contributed by atoms with Gasteiger partial charge in [-0.2, -0.15) is 5.10 Å². The number of aromatic amines is 1. The van der Waals surface area contributed by atoms with Gasteiger partial charge in [-0.15, -0.1) is 0 Å². The molecule has 116 valence electrons. The summed E-state index contributed by atoms with van der Waals surface area (Å²) >= 11 is 0. The van der Waals surface area contributed by atoms with E-state index in [-0.39, 0.29) is 11.6 Å². The van der Waals surface area contributed by atoms with E-state index in [1.807, 2.05) is 0 Å². The second kappa shape index (κ2) is 6.33. The molecule has 2 rings (SSSR count). The molecule has 6 nitrogen and oxygen atoms in total. The van der Waals surface area contributed by atoms with Crippen molar-refractivity contribution >= 4 is 17.5 Å². The zero-order valence-corrected chi connectivity index (χ0v) is 11.9. The molecule has 0 saturated carbocycles. The molecule has 0 atom stereocenters. The second-order valence-corrected chi connectivity index (χ2v) is 4.52. The number of hydrogen-bond acceptors (Lipinski definition) is 3. The highest BCUT2D eigenvalue weighted by Crippen LogP contribution is 2.21. The summed E-state index contributed by atoms with van der Waals surface area (Å²) in [5.41, 5.74) is 0.809. The lowest BCUT2D eigenvalue weighted by molar-refractivity contribution is 0.0960. The average Bonchev–Trinajstić information content (AvgIpc) is 2.99. The number of benzene rings is 1. The van der Waals surface area contributed by atoms with Gasteiger partial charge in [0.05, 0.1) is 0 Å². The Kier molecular flexibility index (Phi) is 4.50. The average molecular weight is 308 g/mol. The van der Waals surface area contributed by atoms with Crippen molar-refractivity contribution in [1.82, 2.24) is 15.5 Å². The highest BCUT2D eigenvalue weighted by molar-refractivity contribution is 6.05. The molecule has 0 aliphatic rings. The van der Waals surface area contributed by atoms with Gasteiger partial charge in [-0.25, -0.2) is 8.78 Å². The van der Waals surface area contributed by atoms with Gasteiger partial charge in [0.15, 0.2) is 5.69 Å². The van der Waals surface area contributed by atoms with Crippen molar-refractivity contribution in [2.75, 3.05) is 12.4 Å². The van der Waals surface area contributed by atoms with Gasteiger partial charge in [-0.3, -0.25) is 14.7 Å². The summed E-state index contributed by atoms with van der Waals surface area (Å²) < 4.78 is 24.9. The predicted octanol–water partition coefficient (Wildman–Crippen LogP) is 2.27. The molecule has 0 aliphatic carbocycles. The van der Waals surface area contributed by atoms with Crippen LogP contribution in [0.1, 0.15) is 38.5 Å². The van der Waals surface area contributed by atoms with E-state index >= 15 is 0 Å². The summed E-state index contributed by atoms with van der Waals surface area (Å²) in [6.45, 7) is 1.68. The largest absolute Gasteiger partial charge is 0.355 e. The number of carbonyl (C=O) groups is 2. The van der Waals surface area contributed by atoms with Crippen LogP contribution in [0, 0.1) is 6.92 Å². The Labute approximate surface area is 124 Å². The van der Waals surface area contributed by atoms with E-state index in [0.717, 1.165) is 6.07 Å². The van der Waals surface area contributed by atoms with Gasteiger partial charge in [0, 0.05) is 18.3 Å². The molecule has 0 aliphatic heterocycles. The smallest absolute Gasteiger partial charge is 0.279 e. The summed E-state index contributed by atoms with van der Waals surface area (Å²) in [6.07, 6.45) is -2.73. The first-order valence-corrected chi connectivity index (χ1v) is 6.40. The van der Waals surface area contributed by atoms with Gasteiger partial charge in [0.1, 0.15) is 5.69 Å². The summed E-state index contributed by atoms with van der Waals surface area (Å²) in [5, 5.41) is 10.7. The van der Waals surface area contributed by atoms with E-state index in [2.05, 4.69) is 20.8 Å². The molecular formula is C14H14F2N4O2. The molecule has 0 saturated heterocycles. The molecule has 0 bridgehead atoms. The quantitative estimate of drug-likeness (QED) is 0.809. The monoisotopic (exact) mass is 308 g/mol. The molecule has 2 amide bonds. The summed E-state index contributed by atoms with van der Waals surface area (Å²) in [7, 11) is 1.50. The van der Waals surface area contributed by atoms with Crippen molar-refractivity contribution in [1.29, 1.82) is 0 Å². The number of halogens is 2. The number of aromatic nitrogens is 2. The Morgan fingerprint density at radius 1 is 1.27 bits per heavy atom. The number of nitrogens with one attached hydrogen (secondary N) is 3. The van der Waals surface area contributed by atoms with Gasteiger partial charge in [-0.05, 0) is 30.7 Å². The van der Waals surface area contributed by atoms with Crippen LogP contribution >= 0.6 is 0 Å². The SMILES string of the molecule is CNC(=O)c1cccc(NC(=O)c2cc(C(F)F)[nH]n2)c1C. The Morgan fingerprint density at radius 3 is 2.59 bits per heavy atom. The van der Waals surface area contributed by atoms with E-state index in [4.69, 9.17) is 0 Å². The lowest BCUT2D eigenvalue weighted by atomic mass is 10.1. The number of alkyl halides is 2. The second-order valence-electron chi connectivity index (χ2n) is 4.52. The molecular weight excluding hydrogens is 294 g/mol. The number of nitrogens with zero attached hydrogens (tertiary/aromatic N) is 1. The lowest BCUT2D eigenvalue weighted by Crippen LogP contribution is -2.20. The number of H-pyrrole nitrogens is 1. The van der Waals surface area contributed by atoms with E-state index in [1.54, 1.807) is 25.1 Å². The normalized spacial score (nSPS) is 10.6. The van der Waals surface area contributed by atoms with Crippen LogP contribution in [0.4, 0.5) is 14.5 Å². The van der Waals surface area contributed by atoms with E-state index in [1.165, 1.54) is 7.05 Å². The van der Waals surface area contributed by atoms with E-state index < -0.39 is 18.0 Å². The molecule has 0 spiro atoms. The van der Waals surface area contributed by atoms with Crippen molar-refractivity contribution < 1.29 is 18.4 Å². The molecule has 0 radical (unpaired) electrons. The number of anilines is 1. The Morgan fingerprint density at radius 2 is 2.00 bits per heavy atom. The Balaban J connectivity index is 2.23. The van der Waals surface area contributed by atoms with Crippen LogP contribution in [0.15, 0.2) is 24.3 Å². The standard InChI is InChI=1S/C14H14F2N4O2/c1-7-8(13(21)17-2)4-3-5-9(7)18-14(22)11-6-10(12(15)16)19-20-11/h3-6,12H,1-2H3,(H,17,21)(H,18,22)(H,19,20). The fraction of sp³-hybridized carbons (Fsp3) is 0.214. The Hall–Kier alpha value is -2.77. The van der Waals surface area contributed by atoms with Gasteiger partial charge in [-0.1, -0.05) is 6.07 Å². The van der Waals surface area contributed by atoms with Crippen LogP contribution in [0.25, 0.3) is 0 Å². The third-order valence-corrected chi connectivity index (χ3v) is 3.12. The van der Waals surface area contributed by atoms with Gasteiger partial charge in [0.2, 0.25) is 0 Å². The lowest BCUT2D eigenvalue weighted by Gasteiger charge is -2.10. The molecule has 8 heteroatoms. The van der Waals surface area contributed by atoms with Crippen LogP contribution in [0.5, 0.6) is 0 Å². The molecule has 1 aromatic carbocycles. The minimum atomic E-state index is -2.73. The van der Waals surface area contributed by atoms with Gasteiger partial charge < -0.3 is 10.6 Å². The van der Waals surface area contributed by atoms with Crippen LogP contribution in [-0.4, -0.2) is 29.1 Å². The highest BCUT2D eigenvalue weighted by Gasteiger charge is 2.17. The predicted molar refractivity (Wildman–Crippen MR) is 76.1 cm³/mol. The molecule has 0 unspecified atom stereocenters. The van der Waals surface area contributed by atoms with Crippen molar-refractivity contribution in [2.24, 2.45) is 0 Å². The minimum absolute atomic E-state index is 0.153. The molecule has 1 aromatic heterocycles. The maximum Gasteiger partial charge on any atom is 0.279 e. The molecule has 1 heterocycles. The van der Waals surface area contributed by atoms with Crippen LogP contribution in [-0.2, 0) is 0 Å². The number of hydrogen-bond donors (Lipinski definition) is 3. The zero-order valence-electron chi connectivity index (χ0n) is 11.9. The van der Waals surface area contributed by atoms with Gasteiger partial charge in [0.25, 0.3) is 18.2 Å². The summed E-state index contributed by atoms with van der Waals surface area (Å²) in [4.78, 5) is 23.7. The van der Waals surface area contributed by atoms with Crippen molar-refractivity contribution in [3.8, 4) is 0 Å². The minimum Gasteiger partial charge on any atom is -0.355 e. The van der Waals surface area contributed by atoms with E-state index in [0.29, 0.717) is 16.8 Å². The molecule has 22 heavy (non-hydrogen) atoms. The van der Waals surface area contributed by atoms with Crippen LogP contribution in [0.2, 0.25) is 0 Å². The molecule has 2 aromatic rings. The number of amides is 2. The highest BCUT2D eigenvalue weighted by atomic mass is 19.3.